The molecule has 2 heterocycles. The molecule has 120 valence electrons. The first-order valence-electron chi connectivity index (χ1n) is 7.59. The van der Waals surface area contributed by atoms with Crippen LogP contribution in [0.1, 0.15) is 26.7 Å². The SMILES string of the molecule is CNC(=O)[C@@H]1C[C@H](Oc2cccnc2)CN1C(=O)CC(C)C. The smallest absolute Gasteiger partial charge is 0.242 e. The number of hydrogen-bond acceptors (Lipinski definition) is 4. The van der Waals surface area contributed by atoms with E-state index >= 15 is 0 Å². The van der Waals surface area contributed by atoms with Crippen LogP contribution in [-0.2, 0) is 9.59 Å². The summed E-state index contributed by atoms with van der Waals surface area (Å²) in [4.78, 5) is 30.0. The molecule has 1 saturated heterocycles. The molecule has 6 heteroatoms. The van der Waals surface area contributed by atoms with Crippen molar-refractivity contribution in [2.75, 3.05) is 13.6 Å². The zero-order chi connectivity index (χ0) is 16.1. The highest BCUT2D eigenvalue weighted by atomic mass is 16.5. The molecular formula is C16H23N3O3. The molecule has 0 unspecified atom stereocenters. The lowest BCUT2D eigenvalue weighted by molar-refractivity contribution is -0.138. The molecule has 2 amide bonds. The van der Waals surface area contributed by atoms with Gasteiger partial charge < -0.3 is 15.0 Å². The van der Waals surface area contributed by atoms with E-state index in [4.69, 9.17) is 4.74 Å². The third-order valence-corrected chi connectivity index (χ3v) is 3.65. The fraction of sp³-hybridized carbons (Fsp3) is 0.562. The molecule has 0 spiro atoms. The number of amides is 2. The maximum atomic E-state index is 12.4. The lowest BCUT2D eigenvalue weighted by Gasteiger charge is -2.23. The molecule has 1 aliphatic rings. The predicted molar refractivity (Wildman–Crippen MR) is 82.3 cm³/mol. The maximum Gasteiger partial charge on any atom is 0.242 e. The molecule has 0 bridgehead atoms. The number of ether oxygens (including phenoxy) is 1. The van der Waals surface area contributed by atoms with Crippen molar-refractivity contribution in [2.45, 2.75) is 38.8 Å². The number of nitrogens with zero attached hydrogens (tertiary/aromatic N) is 2. The van der Waals surface area contributed by atoms with Crippen LogP contribution in [0.25, 0.3) is 0 Å². The number of pyridine rings is 1. The highest BCUT2D eigenvalue weighted by Crippen LogP contribution is 2.24. The van der Waals surface area contributed by atoms with Crippen LogP contribution in [-0.4, -0.2) is 47.4 Å². The number of rotatable bonds is 5. The lowest BCUT2D eigenvalue weighted by atomic mass is 10.1. The van der Waals surface area contributed by atoms with Gasteiger partial charge in [0, 0.05) is 26.1 Å². The van der Waals surface area contributed by atoms with Gasteiger partial charge in [-0.2, -0.15) is 0 Å². The van der Waals surface area contributed by atoms with Crippen LogP contribution in [0.4, 0.5) is 0 Å². The predicted octanol–water partition coefficient (Wildman–Crippen LogP) is 1.22. The molecule has 22 heavy (non-hydrogen) atoms. The summed E-state index contributed by atoms with van der Waals surface area (Å²) < 4.78 is 5.85. The Balaban J connectivity index is 2.07. The van der Waals surface area contributed by atoms with Crippen LogP contribution in [0.2, 0.25) is 0 Å². The Morgan fingerprint density at radius 3 is 2.86 bits per heavy atom. The van der Waals surface area contributed by atoms with Crippen molar-refractivity contribution in [1.29, 1.82) is 0 Å². The van der Waals surface area contributed by atoms with Gasteiger partial charge in [0.05, 0.1) is 12.7 Å². The molecule has 2 rings (SSSR count). The van der Waals surface area contributed by atoms with Gasteiger partial charge in [0.25, 0.3) is 0 Å². The zero-order valence-electron chi connectivity index (χ0n) is 13.3. The van der Waals surface area contributed by atoms with E-state index in [-0.39, 0.29) is 23.8 Å². The van der Waals surface area contributed by atoms with E-state index in [1.807, 2.05) is 19.9 Å². The Morgan fingerprint density at radius 2 is 2.27 bits per heavy atom. The second kappa shape index (κ2) is 7.24. The molecule has 1 aromatic heterocycles. The van der Waals surface area contributed by atoms with E-state index in [2.05, 4.69) is 10.3 Å². The van der Waals surface area contributed by atoms with Gasteiger partial charge in [0.1, 0.15) is 17.9 Å². The Kier molecular flexibility index (Phi) is 5.35. The molecule has 1 fully saturated rings. The molecule has 0 saturated carbocycles. The molecule has 1 N–H and O–H groups in total. The number of carbonyl (C=O) groups excluding carboxylic acids is 2. The van der Waals surface area contributed by atoms with Gasteiger partial charge in [0.2, 0.25) is 11.8 Å². The summed E-state index contributed by atoms with van der Waals surface area (Å²) in [7, 11) is 1.59. The summed E-state index contributed by atoms with van der Waals surface area (Å²) in [6.45, 7) is 4.41. The second-order valence-corrected chi connectivity index (χ2v) is 5.94. The minimum absolute atomic E-state index is 0.000821. The van der Waals surface area contributed by atoms with E-state index in [9.17, 15) is 9.59 Å². The average Bonchev–Trinajstić information content (AvgIpc) is 2.91. The monoisotopic (exact) mass is 305 g/mol. The first-order chi connectivity index (χ1) is 10.5. The molecule has 1 aromatic rings. The topological polar surface area (TPSA) is 71.5 Å². The van der Waals surface area contributed by atoms with Gasteiger partial charge in [-0.1, -0.05) is 13.8 Å². The van der Waals surface area contributed by atoms with Crippen molar-refractivity contribution in [3.63, 3.8) is 0 Å². The standard InChI is InChI=1S/C16H23N3O3/c1-11(2)7-15(20)19-10-13(8-14(19)16(21)17-3)22-12-5-4-6-18-9-12/h4-6,9,11,13-14H,7-8,10H2,1-3H3,(H,17,21)/t13-,14-/m0/s1. The normalized spacial score (nSPS) is 21.0. The Bertz CT molecular complexity index is 519. The molecule has 2 atom stereocenters. The van der Waals surface area contributed by atoms with Crippen LogP contribution >= 0.6 is 0 Å². The number of likely N-dealkylation sites (N-methyl/N-ethyl adjacent to an activating group) is 1. The van der Waals surface area contributed by atoms with Gasteiger partial charge in [-0.3, -0.25) is 14.6 Å². The van der Waals surface area contributed by atoms with Crippen molar-refractivity contribution < 1.29 is 14.3 Å². The van der Waals surface area contributed by atoms with Crippen LogP contribution < -0.4 is 10.1 Å². The fourth-order valence-corrected chi connectivity index (χ4v) is 2.65. The van der Waals surface area contributed by atoms with E-state index in [0.29, 0.717) is 25.1 Å². The number of hydrogen-bond donors (Lipinski definition) is 1. The van der Waals surface area contributed by atoms with Crippen molar-refractivity contribution in [3.05, 3.63) is 24.5 Å². The van der Waals surface area contributed by atoms with E-state index in [1.165, 1.54) is 0 Å². The van der Waals surface area contributed by atoms with Crippen molar-refractivity contribution in [3.8, 4) is 5.75 Å². The summed E-state index contributed by atoms with van der Waals surface area (Å²) in [5.41, 5.74) is 0. The van der Waals surface area contributed by atoms with E-state index in [1.54, 1.807) is 30.4 Å². The van der Waals surface area contributed by atoms with Crippen molar-refractivity contribution >= 4 is 11.8 Å². The molecule has 0 aliphatic carbocycles. The first-order valence-corrected chi connectivity index (χ1v) is 7.59. The van der Waals surface area contributed by atoms with Gasteiger partial charge in [-0.25, -0.2) is 0 Å². The quantitative estimate of drug-likeness (QED) is 0.888. The van der Waals surface area contributed by atoms with Crippen molar-refractivity contribution in [1.82, 2.24) is 15.2 Å². The van der Waals surface area contributed by atoms with Gasteiger partial charge >= 0.3 is 0 Å². The van der Waals surface area contributed by atoms with E-state index < -0.39 is 6.04 Å². The minimum Gasteiger partial charge on any atom is -0.487 e. The summed E-state index contributed by atoms with van der Waals surface area (Å²) >= 11 is 0. The van der Waals surface area contributed by atoms with Crippen molar-refractivity contribution in [2.24, 2.45) is 5.92 Å². The minimum atomic E-state index is -0.460. The van der Waals surface area contributed by atoms with Crippen LogP contribution in [0, 0.1) is 5.92 Å². The first kappa shape index (κ1) is 16.3. The maximum absolute atomic E-state index is 12.4. The number of carbonyl (C=O) groups is 2. The fourth-order valence-electron chi connectivity index (χ4n) is 2.65. The number of nitrogens with one attached hydrogen (secondary N) is 1. The van der Waals surface area contributed by atoms with E-state index in [0.717, 1.165) is 0 Å². The third kappa shape index (κ3) is 3.96. The number of aromatic nitrogens is 1. The Labute approximate surface area is 130 Å². The summed E-state index contributed by atoms with van der Waals surface area (Å²) in [6.07, 6.45) is 4.05. The zero-order valence-corrected chi connectivity index (χ0v) is 13.3. The van der Waals surface area contributed by atoms with Gasteiger partial charge in [0.15, 0.2) is 0 Å². The van der Waals surface area contributed by atoms with Crippen LogP contribution in [0.3, 0.4) is 0 Å². The summed E-state index contributed by atoms with van der Waals surface area (Å²) in [6, 6.07) is 3.15. The Hall–Kier alpha value is -2.11. The van der Waals surface area contributed by atoms with Gasteiger partial charge in [-0.05, 0) is 18.1 Å². The summed E-state index contributed by atoms with van der Waals surface area (Å²) in [5.74, 6) is 0.771. The third-order valence-electron chi connectivity index (χ3n) is 3.65. The lowest BCUT2D eigenvalue weighted by Crippen LogP contribution is -2.45. The largest absolute Gasteiger partial charge is 0.487 e. The second-order valence-electron chi connectivity index (χ2n) is 5.94. The molecule has 0 radical (unpaired) electrons. The highest BCUT2D eigenvalue weighted by Gasteiger charge is 2.40. The number of likely N-dealkylation sites (tertiary alicyclic amines) is 1. The van der Waals surface area contributed by atoms with Crippen LogP contribution in [0.5, 0.6) is 5.75 Å². The Morgan fingerprint density at radius 1 is 1.50 bits per heavy atom. The highest BCUT2D eigenvalue weighted by molar-refractivity contribution is 5.88. The summed E-state index contributed by atoms with van der Waals surface area (Å²) in [5, 5.41) is 2.63. The molecular weight excluding hydrogens is 282 g/mol. The molecule has 6 nitrogen and oxygen atoms in total. The molecule has 0 aromatic carbocycles. The average molecular weight is 305 g/mol. The molecule has 1 aliphatic heterocycles. The van der Waals surface area contributed by atoms with Crippen LogP contribution in [0.15, 0.2) is 24.5 Å². The van der Waals surface area contributed by atoms with Gasteiger partial charge in [-0.15, -0.1) is 0 Å².